The lowest BCUT2D eigenvalue weighted by Crippen LogP contribution is -2.28. The monoisotopic (exact) mass is 192 g/mol. The molecule has 1 aromatic rings. The number of benzene rings is 1. The number of hydrogen-bond acceptors (Lipinski definition) is 3. The van der Waals surface area contributed by atoms with Crippen LogP contribution in [0.4, 0.5) is 5.69 Å². The molecule has 0 spiro atoms. The third-order valence-corrected chi connectivity index (χ3v) is 2.76. The van der Waals surface area contributed by atoms with Crippen molar-refractivity contribution in [3.05, 3.63) is 29.8 Å². The number of anilines is 1. The lowest BCUT2D eigenvalue weighted by Gasteiger charge is -2.18. The zero-order valence-corrected chi connectivity index (χ0v) is 8.11. The molecule has 1 heterocycles. The normalized spacial score (nSPS) is 23.6. The predicted octanol–water partition coefficient (Wildman–Crippen LogP) is 1.05. The summed E-state index contributed by atoms with van der Waals surface area (Å²) in [6.45, 7) is 1.01. The molecule has 76 valence electrons. The van der Waals surface area contributed by atoms with Gasteiger partial charge in [-0.25, -0.2) is 0 Å². The Hall–Kier alpha value is -1.06. The Kier molecular flexibility index (Phi) is 2.70. The van der Waals surface area contributed by atoms with Crippen LogP contribution in [0.1, 0.15) is 24.5 Å². The van der Waals surface area contributed by atoms with Crippen LogP contribution in [0.15, 0.2) is 24.3 Å². The first kappa shape index (κ1) is 9.49. The summed E-state index contributed by atoms with van der Waals surface area (Å²) in [6, 6.07) is 7.64. The molecule has 1 aliphatic rings. The van der Waals surface area contributed by atoms with Crippen molar-refractivity contribution in [2.45, 2.75) is 25.0 Å². The van der Waals surface area contributed by atoms with Gasteiger partial charge in [0.05, 0.1) is 6.10 Å². The second-order valence-electron chi connectivity index (χ2n) is 3.81. The van der Waals surface area contributed by atoms with Crippen molar-refractivity contribution in [2.24, 2.45) is 0 Å². The SMILES string of the molecule is Nc1ccc(C(O)C2CCCN2)cc1. The molecular weight excluding hydrogens is 176 g/mol. The Morgan fingerprint density at radius 1 is 1.36 bits per heavy atom. The van der Waals surface area contributed by atoms with E-state index in [0.717, 1.165) is 30.6 Å². The smallest absolute Gasteiger partial charge is 0.0942 e. The quantitative estimate of drug-likeness (QED) is 0.614. The molecule has 1 fully saturated rings. The van der Waals surface area contributed by atoms with Gasteiger partial charge in [-0.1, -0.05) is 12.1 Å². The van der Waals surface area contributed by atoms with Crippen molar-refractivity contribution in [1.82, 2.24) is 5.32 Å². The highest BCUT2D eigenvalue weighted by molar-refractivity contribution is 5.40. The molecule has 0 bridgehead atoms. The fraction of sp³-hybridized carbons (Fsp3) is 0.455. The van der Waals surface area contributed by atoms with Crippen LogP contribution < -0.4 is 11.1 Å². The predicted molar refractivity (Wildman–Crippen MR) is 56.8 cm³/mol. The third-order valence-electron chi connectivity index (χ3n) is 2.76. The van der Waals surface area contributed by atoms with E-state index >= 15 is 0 Å². The van der Waals surface area contributed by atoms with Gasteiger partial charge in [-0.3, -0.25) is 0 Å². The van der Waals surface area contributed by atoms with Crippen molar-refractivity contribution >= 4 is 5.69 Å². The Morgan fingerprint density at radius 2 is 2.07 bits per heavy atom. The molecule has 3 heteroatoms. The molecule has 0 aromatic heterocycles. The van der Waals surface area contributed by atoms with Gasteiger partial charge in [0.1, 0.15) is 0 Å². The van der Waals surface area contributed by atoms with Crippen LogP contribution >= 0.6 is 0 Å². The maximum Gasteiger partial charge on any atom is 0.0942 e. The van der Waals surface area contributed by atoms with Crippen LogP contribution in [-0.4, -0.2) is 17.7 Å². The molecule has 0 aliphatic carbocycles. The van der Waals surface area contributed by atoms with E-state index in [4.69, 9.17) is 5.73 Å². The van der Waals surface area contributed by atoms with Gasteiger partial charge in [0.25, 0.3) is 0 Å². The molecule has 1 aliphatic heterocycles. The van der Waals surface area contributed by atoms with Crippen molar-refractivity contribution in [3.63, 3.8) is 0 Å². The van der Waals surface area contributed by atoms with Gasteiger partial charge >= 0.3 is 0 Å². The molecule has 1 saturated heterocycles. The average Bonchev–Trinajstić information content (AvgIpc) is 2.71. The first-order valence-electron chi connectivity index (χ1n) is 5.04. The Bertz CT molecular complexity index is 291. The molecule has 0 radical (unpaired) electrons. The van der Waals surface area contributed by atoms with Gasteiger partial charge in [-0.15, -0.1) is 0 Å². The molecule has 2 unspecified atom stereocenters. The summed E-state index contributed by atoms with van der Waals surface area (Å²) in [4.78, 5) is 0. The molecule has 0 amide bonds. The van der Waals surface area contributed by atoms with E-state index in [-0.39, 0.29) is 6.04 Å². The number of hydrogen-bond donors (Lipinski definition) is 3. The fourth-order valence-electron chi connectivity index (χ4n) is 1.91. The van der Waals surface area contributed by atoms with Gasteiger partial charge in [0.15, 0.2) is 0 Å². The summed E-state index contributed by atoms with van der Waals surface area (Å²) in [6.07, 6.45) is 1.79. The molecule has 0 saturated carbocycles. The summed E-state index contributed by atoms with van der Waals surface area (Å²) in [5.74, 6) is 0. The number of nitrogen functional groups attached to an aromatic ring is 1. The van der Waals surface area contributed by atoms with Crippen molar-refractivity contribution in [3.8, 4) is 0 Å². The van der Waals surface area contributed by atoms with E-state index in [1.807, 2.05) is 24.3 Å². The number of aliphatic hydroxyl groups is 1. The van der Waals surface area contributed by atoms with Crippen LogP contribution in [0.25, 0.3) is 0 Å². The maximum atomic E-state index is 10.0. The Labute approximate surface area is 83.9 Å². The average molecular weight is 192 g/mol. The van der Waals surface area contributed by atoms with Gasteiger partial charge < -0.3 is 16.2 Å². The van der Waals surface area contributed by atoms with Crippen LogP contribution in [0, 0.1) is 0 Å². The van der Waals surface area contributed by atoms with Crippen LogP contribution in [0.2, 0.25) is 0 Å². The van der Waals surface area contributed by atoms with E-state index in [2.05, 4.69) is 5.32 Å². The largest absolute Gasteiger partial charge is 0.399 e. The summed E-state index contributed by atoms with van der Waals surface area (Å²) in [7, 11) is 0. The topological polar surface area (TPSA) is 58.3 Å². The van der Waals surface area contributed by atoms with Crippen LogP contribution in [0.5, 0.6) is 0 Å². The first-order chi connectivity index (χ1) is 6.77. The fourth-order valence-corrected chi connectivity index (χ4v) is 1.91. The molecule has 2 atom stereocenters. The van der Waals surface area contributed by atoms with Crippen molar-refractivity contribution in [1.29, 1.82) is 0 Å². The van der Waals surface area contributed by atoms with E-state index in [1.165, 1.54) is 0 Å². The summed E-state index contributed by atoms with van der Waals surface area (Å²) in [5, 5.41) is 13.3. The molecule has 3 nitrogen and oxygen atoms in total. The van der Waals surface area contributed by atoms with Gasteiger partial charge in [0.2, 0.25) is 0 Å². The zero-order chi connectivity index (χ0) is 9.97. The van der Waals surface area contributed by atoms with Crippen LogP contribution in [0.3, 0.4) is 0 Å². The highest BCUT2D eigenvalue weighted by atomic mass is 16.3. The van der Waals surface area contributed by atoms with Gasteiger partial charge in [-0.2, -0.15) is 0 Å². The lowest BCUT2D eigenvalue weighted by atomic mass is 10.0. The maximum absolute atomic E-state index is 10.0. The number of rotatable bonds is 2. The third kappa shape index (κ3) is 1.89. The molecule has 2 rings (SSSR count). The highest BCUT2D eigenvalue weighted by Crippen LogP contribution is 2.23. The summed E-state index contributed by atoms with van der Waals surface area (Å²) >= 11 is 0. The van der Waals surface area contributed by atoms with E-state index < -0.39 is 6.10 Å². The second-order valence-corrected chi connectivity index (χ2v) is 3.81. The lowest BCUT2D eigenvalue weighted by molar-refractivity contribution is 0.137. The minimum Gasteiger partial charge on any atom is -0.399 e. The molecule has 4 N–H and O–H groups in total. The molecular formula is C11H16N2O. The van der Waals surface area contributed by atoms with Gasteiger partial charge in [0, 0.05) is 11.7 Å². The minimum absolute atomic E-state index is 0.207. The van der Waals surface area contributed by atoms with Crippen LogP contribution in [-0.2, 0) is 0 Å². The van der Waals surface area contributed by atoms with E-state index in [9.17, 15) is 5.11 Å². The van der Waals surface area contributed by atoms with Gasteiger partial charge in [-0.05, 0) is 37.1 Å². The second kappa shape index (κ2) is 3.98. The number of aliphatic hydroxyl groups excluding tert-OH is 1. The summed E-state index contributed by atoms with van der Waals surface area (Å²) in [5.41, 5.74) is 7.26. The van der Waals surface area contributed by atoms with Crippen molar-refractivity contribution in [2.75, 3.05) is 12.3 Å². The number of nitrogens with one attached hydrogen (secondary N) is 1. The Morgan fingerprint density at radius 3 is 2.64 bits per heavy atom. The number of nitrogens with two attached hydrogens (primary N) is 1. The summed E-state index contributed by atoms with van der Waals surface area (Å²) < 4.78 is 0. The molecule has 14 heavy (non-hydrogen) atoms. The highest BCUT2D eigenvalue weighted by Gasteiger charge is 2.23. The van der Waals surface area contributed by atoms with E-state index in [0.29, 0.717) is 0 Å². The zero-order valence-electron chi connectivity index (χ0n) is 8.11. The first-order valence-corrected chi connectivity index (χ1v) is 5.04. The molecule has 1 aromatic carbocycles. The van der Waals surface area contributed by atoms with E-state index in [1.54, 1.807) is 0 Å². The standard InChI is InChI=1S/C11H16N2O/c12-9-5-3-8(4-6-9)11(14)10-2-1-7-13-10/h3-6,10-11,13-14H,1-2,7,12H2. The minimum atomic E-state index is -0.405. The Balaban J connectivity index is 2.09. The van der Waals surface area contributed by atoms with Crippen molar-refractivity contribution < 1.29 is 5.11 Å².